The van der Waals surface area contributed by atoms with Crippen molar-refractivity contribution in [2.24, 2.45) is 0 Å². The minimum Gasteiger partial charge on any atom is -0.356 e. The molecule has 1 rings (SSSR count). The van der Waals surface area contributed by atoms with Gasteiger partial charge in [0.2, 0.25) is 5.91 Å². The maximum absolute atomic E-state index is 10.6. The first-order valence-corrected chi connectivity index (χ1v) is 6.19. The Morgan fingerprint density at radius 3 is 2.53 bits per heavy atom. The Hall–Kier alpha value is -0.700. The van der Waals surface area contributed by atoms with Gasteiger partial charge in [-0.05, 0) is 24.1 Å². The van der Waals surface area contributed by atoms with Gasteiger partial charge in [0.05, 0.1) is 10.0 Å². The molecule has 1 aromatic carbocycles. The van der Waals surface area contributed by atoms with Crippen LogP contribution in [0.3, 0.4) is 0 Å². The minimum atomic E-state index is -0.0361. The third kappa shape index (κ3) is 4.99. The molecule has 2 nitrogen and oxygen atoms in total. The van der Waals surface area contributed by atoms with Gasteiger partial charge in [-0.2, -0.15) is 0 Å². The number of rotatable bonds is 4. The summed E-state index contributed by atoms with van der Waals surface area (Å²) < 4.78 is 0. The summed E-state index contributed by atoms with van der Waals surface area (Å²) in [4.78, 5) is 10.6. The molecule has 0 aliphatic rings. The average molecular weight is 293 g/mol. The Morgan fingerprint density at radius 1 is 1.24 bits per heavy atom. The third-order valence-corrected chi connectivity index (χ3v) is 3.07. The van der Waals surface area contributed by atoms with E-state index in [1.165, 1.54) is 6.92 Å². The number of carbonyl (C=O) groups excluding carboxylic acids is 1. The number of nitrogens with one attached hydrogen (secondary N) is 1. The molecule has 0 saturated carbocycles. The van der Waals surface area contributed by atoms with Crippen LogP contribution in [-0.2, 0) is 4.79 Å². The fourth-order valence-corrected chi connectivity index (χ4v) is 1.83. The lowest BCUT2D eigenvalue weighted by Gasteiger charge is -2.02. The molecular formula is C12H12Cl3NO. The van der Waals surface area contributed by atoms with Crippen molar-refractivity contribution < 1.29 is 4.79 Å². The van der Waals surface area contributed by atoms with Crippen LogP contribution < -0.4 is 5.32 Å². The summed E-state index contributed by atoms with van der Waals surface area (Å²) in [5, 5.41) is 4.15. The molecule has 0 heterocycles. The van der Waals surface area contributed by atoms with E-state index in [9.17, 15) is 4.79 Å². The second-order valence-electron chi connectivity index (χ2n) is 3.46. The van der Waals surface area contributed by atoms with Crippen molar-refractivity contribution in [3.63, 3.8) is 0 Å². The van der Waals surface area contributed by atoms with E-state index in [-0.39, 0.29) is 5.91 Å². The lowest BCUT2D eigenvalue weighted by molar-refractivity contribution is -0.118. The van der Waals surface area contributed by atoms with Crippen LogP contribution in [-0.4, -0.2) is 12.5 Å². The van der Waals surface area contributed by atoms with Crippen molar-refractivity contribution in [3.8, 4) is 0 Å². The Morgan fingerprint density at radius 2 is 1.88 bits per heavy atom. The van der Waals surface area contributed by atoms with Crippen molar-refractivity contribution in [3.05, 3.63) is 38.8 Å². The van der Waals surface area contributed by atoms with Crippen LogP contribution in [0.2, 0.25) is 15.1 Å². The van der Waals surface area contributed by atoms with Crippen LogP contribution in [0.15, 0.2) is 18.2 Å². The smallest absolute Gasteiger partial charge is 0.216 e. The van der Waals surface area contributed by atoms with E-state index in [1.807, 2.05) is 12.2 Å². The van der Waals surface area contributed by atoms with Gasteiger partial charge >= 0.3 is 0 Å². The summed E-state index contributed by atoms with van der Waals surface area (Å²) in [6, 6.07) is 3.32. The Kier molecular flexibility index (Phi) is 5.83. The zero-order valence-electron chi connectivity index (χ0n) is 9.27. The highest BCUT2D eigenvalue weighted by Crippen LogP contribution is 2.29. The fourth-order valence-electron chi connectivity index (χ4n) is 1.21. The molecule has 0 radical (unpaired) electrons. The van der Waals surface area contributed by atoms with Crippen LogP contribution in [0.1, 0.15) is 18.9 Å². The number of halogens is 3. The highest BCUT2D eigenvalue weighted by atomic mass is 35.5. The molecule has 0 aliphatic heterocycles. The van der Waals surface area contributed by atoms with Gasteiger partial charge in [-0.3, -0.25) is 4.79 Å². The molecule has 1 aromatic rings. The molecule has 0 unspecified atom stereocenters. The first-order chi connectivity index (χ1) is 8.00. The van der Waals surface area contributed by atoms with Gasteiger partial charge in [0, 0.05) is 18.5 Å². The van der Waals surface area contributed by atoms with Crippen LogP contribution in [0, 0.1) is 0 Å². The topological polar surface area (TPSA) is 29.1 Å². The predicted octanol–water partition coefficient (Wildman–Crippen LogP) is 4.19. The van der Waals surface area contributed by atoms with E-state index in [0.717, 1.165) is 12.0 Å². The number of benzene rings is 1. The lowest BCUT2D eigenvalue weighted by atomic mass is 10.2. The van der Waals surface area contributed by atoms with E-state index < -0.39 is 0 Å². The number of hydrogen-bond acceptors (Lipinski definition) is 1. The molecule has 5 heteroatoms. The maximum Gasteiger partial charge on any atom is 0.216 e. The van der Waals surface area contributed by atoms with E-state index >= 15 is 0 Å². The van der Waals surface area contributed by atoms with Gasteiger partial charge in [0.25, 0.3) is 0 Å². The standard InChI is InChI=1S/C12H12Cl3NO/c1-8(17)16-5-3-2-4-9-6-11(14)12(15)7-10(9)13/h2,4,6-7H,3,5H2,1H3,(H,16,17). The average Bonchev–Trinajstić information content (AvgIpc) is 2.24. The van der Waals surface area contributed by atoms with Crippen LogP contribution in [0.4, 0.5) is 0 Å². The second-order valence-corrected chi connectivity index (χ2v) is 4.68. The molecule has 0 atom stereocenters. The molecular weight excluding hydrogens is 280 g/mol. The van der Waals surface area contributed by atoms with E-state index in [0.29, 0.717) is 21.6 Å². The summed E-state index contributed by atoms with van der Waals surface area (Å²) >= 11 is 17.7. The van der Waals surface area contributed by atoms with Crippen molar-refractivity contribution >= 4 is 46.8 Å². The quantitative estimate of drug-likeness (QED) is 0.654. The summed E-state index contributed by atoms with van der Waals surface area (Å²) in [6.07, 6.45) is 4.50. The fraction of sp³-hybridized carbons (Fsp3) is 0.250. The molecule has 0 spiro atoms. The van der Waals surface area contributed by atoms with Crippen LogP contribution in [0.25, 0.3) is 6.08 Å². The van der Waals surface area contributed by atoms with E-state index in [2.05, 4.69) is 5.32 Å². The number of carbonyl (C=O) groups is 1. The normalized spacial score (nSPS) is 10.8. The SMILES string of the molecule is CC(=O)NCCC=Cc1cc(Cl)c(Cl)cc1Cl. The van der Waals surface area contributed by atoms with Crippen LogP contribution >= 0.6 is 34.8 Å². The summed E-state index contributed by atoms with van der Waals surface area (Å²) in [6.45, 7) is 2.09. The van der Waals surface area contributed by atoms with Crippen molar-refractivity contribution in [1.29, 1.82) is 0 Å². The molecule has 1 N–H and O–H groups in total. The first kappa shape index (κ1) is 14.4. The van der Waals surface area contributed by atoms with E-state index in [4.69, 9.17) is 34.8 Å². The monoisotopic (exact) mass is 291 g/mol. The molecule has 17 heavy (non-hydrogen) atoms. The molecule has 0 fully saturated rings. The molecule has 1 amide bonds. The highest BCUT2D eigenvalue weighted by Gasteiger charge is 2.02. The zero-order chi connectivity index (χ0) is 12.8. The van der Waals surface area contributed by atoms with Crippen molar-refractivity contribution in [2.75, 3.05) is 6.54 Å². The van der Waals surface area contributed by atoms with Gasteiger partial charge < -0.3 is 5.32 Å². The maximum atomic E-state index is 10.6. The minimum absolute atomic E-state index is 0.0361. The predicted molar refractivity (Wildman–Crippen MR) is 73.8 cm³/mol. The van der Waals surface area contributed by atoms with Crippen molar-refractivity contribution in [1.82, 2.24) is 5.32 Å². The van der Waals surface area contributed by atoms with Gasteiger partial charge in [0.15, 0.2) is 0 Å². The Balaban J connectivity index is 2.59. The zero-order valence-corrected chi connectivity index (χ0v) is 11.5. The lowest BCUT2D eigenvalue weighted by Crippen LogP contribution is -2.20. The molecule has 0 aliphatic carbocycles. The second kappa shape index (κ2) is 6.90. The van der Waals surface area contributed by atoms with Gasteiger partial charge in [-0.25, -0.2) is 0 Å². The van der Waals surface area contributed by atoms with Crippen molar-refractivity contribution in [2.45, 2.75) is 13.3 Å². The summed E-state index contributed by atoms with van der Waals surface area (Å²) in [5.41, 5.74) is 0.809. The largest absolute Gasteiger partial charge is 0.356 e. The number of hydrogen-bond donors (Lipinski definition) is 1. The third-order valence-electron chi connectivity index (χ3n) is 2.02. The first-order valence-electron chi connectivity index (χ1n) is 5.06. The highest BCUT2D eigenvalue weighted by molar-refractivity contribution is 6.43. The van der Waals surface area contributed by atoms with Gasteiger partial charge in [-0.15, -0.1) is 0 Å². The molecule has 0 saturated heterocycles. The van der Waals surface area contributed by atoms with E-state index in [1.54, 1.807) is 12.1 Å². The summed E-state index contributed by atoms with van der Waals surface area (Å²) in [7, 11) is 0. The molecule has 0 aromatic heterocycles. The summed E-state index contributed by atoms with van der Waals surface area (Å²) in [5.74, 6) is -0.0361. The molecule has 92 valence electrons. The Labute approximate surface area is 116 Å². The Bertz CT molecular complexity index is 444. The molecule has 0 bridgehead atoms. The van der Waals surface area contributed by atoms with Gasteiger partial charge in [-0.1, -0.05) is 47.0 Å². The van der Waals surface area contributed by atoms with Crippen LogP contribution in [0.5, 0.6) is 0 Å². The number of amides is 1. The van der Waals surface area contributed by atoms with Gasteiger partial charge in [0.1, 0.15) is 0 Å².